The topological polar surface area (TPSA) is 67.1 Å². The van der Waals surface area contributed by atoms with Crippen molar-refractivity contribution < 1.29 is 0 Å². The van der Waals surface area contributed by atoms with Crippen LogP contribution in [0.2, 0.25) is 5.02 Å². The first kappa shape index (κ1) is 21.0. The van der Waals surface area contributed by atoms with Crippen molar-refractivity contribution >= 4 is 41.5 Å². The number of aliphatic imine (C=N–C) groups is 1. The molecule has 142 valence electrons. The largest absolute Gasteiger partial charge is 0.356 e. The first-order valence-corrected chi connectivity index (χ1v) is 9.24. The number of benzene rings is 1. The molecule has 0 spiro atoms. The van der Waals surface area contributed by atoms with E-state index in [-0.39, 0.29) is 24.0 Å². The van der Waals surface area contributed by atoms with Crippen molar-refractivity contribution in [1.29, 1.82) is 0 Å². The van der Waals surface area contributed by atoms with Crippen molar-refractivity contribution in [2.45, 2.75) is 45.2 Å². The number of rotatable bonds is 5. The van der Waals surface area contributed by atoms with Gasteiger partial charge in [0.05, 0.1) is 0 Å². The van der Waals surface area contributed by atoms with Gasteiger partial charge in [0.25, 0.3) is 0 Å². The quantitative estimate of drug-likeness (QED) is 0.385. The highest BCUT2D eigenvalue weighted by atomic mass is 127. The summed E-state index contributed by atoms with van der Waals surface area (Å²) < 4.78 is 2.29. The lowest BCUT2D eigenvalue weighted by Gasteiger charge is -2.13. The lowest BCUT2D eigenvalue weighted by atomic mass is 10.2. The smallest absolute Gasteiger partial charge is 0.191 e. The molecule has 2 aromatic rings. The van der Waals surface area contributed by atoms with E-state index in [1.165, 1.54) is 19.3 Å². The molecule has 26 heavy (non-hydrogen) atoms. The zero-order valence-corrected chi connectivity index (χ0v) is 18.1. The van der Waals surface area contributed by atoms with Gasteiger partial charge in [0.2, 0.25) is 0 Å². The van der Waals surface area contributed by atoms with E-state index in [9.17, 15) is 0 Å². The molecule has 2 N–H and O–H groups in total. The van der Waals surface area contributed by atoms with Gasteiger partial charge in [0, 0.05) is 44.5 Å². The van der Waals surface area contributed by atoms with Crippen molar-refractivity contribution in [1.82, 2.24) is 25.4 Å². The van der Waals surface area contributed by atoms with Crippen LogP contribution in [0.3, 0.4) is 0 Å². The molecule has 0 radical (unpaired) electrons. The van der Waals surface area contributed by atoms with Crippen LogP contribution in [-0.2, 0) is 25.9 Å². The van der Waals surface area contributed by atoms with Gasteiger partial charge in [-0.2, -0.15) is 0 Å². The lowest BCUT2D eigenvalue weighted by Crippen LogP contribution is -2.38. The van der Waals surface area contributed by atoms with Crippen LogP contribution in [0, 0.1) is 0 Å². The Hall–Kier alpha value is -1.35. The summed E-state index contributed by atoms with van der Waals surface area (Å²) in [6, 6.07) is 7.82. The number of fused-ring (bicyclic) bond motifs is 1. The summed E-state index contributed by atoms with van der Waals surface area (Å²) >= 11 is 6.19. The normalized spacial score (nSPS) is 14.2. The first-order valence-electron chi connectivity index (χ1n) is 8.87. The van der Waals surface area contributed by atoms with Gasteiger partial charge < -0.3 is 15.2 Å². The zero-order chi connectivity index (χ0) is 17.5. The molecular weight excluding hydrogens is 463 g/mol. The van der Waals surface area contributed by atoms with Crippen molar-refractivity contribution in [3.05, 3.63) is 46.5 Å². The van der Waals surface area contributed by atoms with Gasteiger partial charge in [-0.25, -0.2) is 0 Å². The van der Waals surface area contributed by atoms with E-state index in [0.717, 1.165) is 54.1 Å². The van der Waals surface area contributed by atoms with Gasteiger partial charge in [-0.1, -0.05) is 36.2 Å². The van der Waals surface area contributed by atoms with Crippen LogP contribution < -0.4 is 10.6 Å². The molecule has 6 nitrogen and oxygen atoms in total. The molecule has 0 aliphatic carbocycles. The second-order valence-electron chi connectivity index (χ2n) is 6.19. The Bertz CT molecular complexity index is 730. The standard InChI is InChI=1S/C18H25ClN6.HI/c1-20-18(22-13-14-7-4-5-8-15(14)19)21-11-10-17-24-23-16-9-3-2-6-12-25(16)17;/h4-5,7-8H,2-3,6,9-13H2,1H3,(H2,20,21,22);1H. The number of nitrogens with zero attached hydrogens (tertiary/aromatic N) is 4. The van der Waals surface area contributed by atoms with E-state index >= 15 is 0 Å². The third-order valence-corrected chi connectivity index (χ3v) is 4.82. The van der Waals surface area contributed by atoms with Gasteiger partial charge in [-0.05, 0) is 24.5 Å². The fourth-order valence-electron chi connectivity index (χ4n) is 3.06. The molecule has 0 bridgehead atoms. The Labute approximate surface area is 176 Å². The molecule has 0 amide bonds. The van der Waals surface area contributed by atoms with Gasteiger partial charge in [-0.15, -0.1) is 34.2 Å². The highest BCUT2D eigenvalue weighted by Crippen LogP contribution is 2.15. The van der Waals surface area contributed by atoms with Crippen molar-refractivity contribution in [2.75, 3.05) is 13.6 Å². The molecule has 0 fully saturated rings. The number of aromatic nitrogens is 3. The molecule has 0 saturated heterocycles. The van der Waals surface area contributed by atoms with E-state index in [1.807, 2.05) is 24.3 Å². The summed E-state index contributed by atoms with van der Waals surface area (Å²) in [6.45, 7) is 2.44. The van der Waals surface area contributed by atoms with Gasteiger partial charge in [0.1, 0.15) is 11.6 Å². The number of hydrogen-bond acceptors (Lipinski definition) is 3. The summed E-state index contributed by atoms with van der Waals surface area (Å²) in [6.07, 6.45) is 5.59. The number of guanidine groups is 1. The van der Waals surface area contributed by atoms with Crippen molar-refractivity contribution in [2.24, 2.45) is 4.99 Å². The van der Waals surface area contributed by atoms with E-state index in [1.54, 1.807) is 7.05 Å². The molecule has 1 aliphatic heterocycles. The summed E-state index contributed by atoms with van der Waals surface area (Å²) in [5.74, 6) is 2.95. The molecule has 0 atom stereocenters. The van der Waals surface area contributed by atoms with Crippen molar-refractivity contribution in [3.8, 4) is 0 Å². The molecule has 0 saturated carbocycles. The number of aryl methyl sites for hydroxylation is 1. The summed E-state index contributed by atoms with van der Waals surface area (Å²) in [7, 11) is 1.77. The Morgan fingerprint density at radius 3 is 2.85 bits per heavy atom. The van der Waals surface area contributed by atoms with Crippen LogP contribution in [0.25, 0.3) is 0 Å². The van der Waals surface area contributed by atoms with Crippen LogP contribution in [-0.4, -0.2) is 34.3 Å². The van der Waals surface area contributed by atoms with E-state index in [4.69, 9.17) is 11.6 Å². The monoisotopic (exact) mass is 488 g/mol. The van der Waals surface area contributed by atoms with E-state index in [2.05, 4.69) is 30.4 Å². The van der Waals surface area contributed by atoms with Crippen LogP contribution in [0.15, 0.2) is 29.3 Å². The fraction of sp³-hybridized carbons (Fsp3) is 0.500. The van der Waals surface area contributed by atoms with E-state index in [0.29, 0.717) is 6.54 Å². The third kappa shape index (κ3) is 5.57. The Balaban J connectivity index is 0.00000243. The number of nitrogens with one attached hydrogen (secondary N) is 2. The maximum atomic E-state index is 6.19. The maximum Gasteiger partial charge on any atom is 0.191 e. The Morgan fingerprint density at radius 1 is 1.19 bits per heavy atom. The minimum Gasteiger partial charge on any atom is -0.356 e. The highest BCUT2D eigenvalue weighted by Gasteiger charge is 2.14. The minimum absolute atomic E-state index is 0. The second-order valence-corrected chi connectivity index (χ2v) is 6.60. The molecule has 1 aliphatic rings. The number of hydrogen-bond donors (Lipinski definition) is 2. The summed E-state index contributed by atoms with van der Waals surface area (Å²) in [4.78, 5) is 4.26. The molecule has 2 heterocycles. The molecule has 0 unspecified atom stereocenters. The predicted molar refractivity (Wildman–Crippen MR) is 116 cm³/mol. The molecule has 3 rings (SSSR count). The highest BCUT2D eigenvalue weighted by molar-refractivity contribution is 14.0. The maximum absolute atomic E-state index is 6.19. The SMILES string of the molecule is CN=C(NCCc1nnc2n1CCCCC2)NCc1ccccc1Cl.I. The van der Waals surface area contributed by atoms with Crippen LogP contribution in [0.1, 0.15) is 36.5 Å². The fourth-order valence-corrected chi connectivity index (χ4v) is 3.27. The average Bonchev–Trinajstić information content (AvgIpc) is 2.86. The summed E-state index contributed by atoms with van der Waals surface area (Å²) in [5, 5.41) is 16.1. The zero-order valence-electron chi connectivity index (χ0n) is 15.0. The van der Waals surface area contributed by atoms with Gasteiger partial charge in [-0.3, -0.25) is 4.99 Å². The van der Waals surface area contributed by atoms with Crippen molar-refractivity contribution in [3.63, 3.8) is 0 Å². The molecule has 8 heteroatoms. The Morgan fingerprint density at radius 2 is 2.04 bits per heavy atom. The molecule has 1 aromatic heterocycles. The first-order chi connectivity index (χ1) is 12.3. The van der Waals surface area contributed by atoms with Gasteiger partial charge >= 0.3 is 0 Å². The lowest BCUT2D eigenvalue weighted by molar-refractivity contribution is 0.600. The van der Waals surface area contributed by atoms with Crippen LogP contribution >= 0.6 is 35.6 Å². The second kappa shape index (κ2) is 10.7. The number of halogens is 2. The Kier molecular flexibility index (Phi) is 8.64. The summed E-state index contributed by atoms with van der Waals surface area (Å²) in [5.41, 5.74) is 1.05. The van der Waals surface area contributed by atoms with Gasteiger partial charge in [0.15, 0.2) is 5.96 Å². The molecule has 1 aromatic carbocycles. The van der Waals surface area contributed by atoms with E-state index < -0.39 is 0 Å². The third-order valence-electron chi connectivity index (χ3n) is 4.45. The van der Waals surface area contributed by atoms with Crippen LogP contribution in [0.5, 0.6) is 0 Å². The minimum atomic E-state index is 0. The average molecular weight is 489 g/mol. The molecular formula is C18H26ClIN6. The predicted octanol–water partition coefficient (Wildman–Crippen LogP) is 3.18. The van der Waals surface area contributed by atoms with Crippen LogP contribution in [0.4, 0.5) is 0 Å².